The van der Waals surface area contributed by atoms with Gasteiger partial charge in [-0.2, -0.15) is 13.2 Å². The van der Waals surface area contributed by atoms with Gasteiger partial charge in [0.2, 0.25) is 0 Å². The van der Waals surface area contributed by atoms with E-state index < -0.39 is 17.7 Å². The van der Waals surface area contributed by atoms with E-state index in [0.29, 0.717) is 23.5 Å². The van der Waals surface area contributed by atoms with E-state index in [4.69, 9.17) is 5.73 Å². The number of halogens is 5. The molecule has 1 unspecified atom stereocenters. The fourth-order valence-electron chi connectivity index (χ4n) is 2.86. The third-order valence-corrected chi connectivity index (χ3v) is 4.83. The van der Waals surface area contributed by atoms with Crippen LogP contribution in [0.3, 0.4) is 0 Å². The Labute approximate surface area is 187 Å². The molecule has 0 fully saturated rings. The van der Waals surface area contributed by atoms with Crippen molar-refractivity contribution in [2.45, 2.75) is 72.0 Å². The predicted molar refractivity (Wildman–Crippen MR) is 119 cm³/mol. The molecule has 8 heteroatoms. The number of Topliss-reactive ketones (excluding diaryl/α,β-unsaturated/α-hetero) is 1. The number of allylic oxidation sites excluding steroid dienone is 3. The molecule has 0 aliphatic carbocycles. The van der Waals surface area contributed by atoms with Gasteiger partial charge in [-0.05, 0) is 74.4 Å². The number of carbonyl (C=O) groups is 1. The van der Waals surface area contributed by atoms with Crippen LogP contribution in [-0.2, 0) is 11.2 Å². The van der Waals surface area contributed by atoms with Crippen LogP contribution in [0.15, 0.2) is 47.1 Å². The van der Waals surface area contributed by atoms with Gasteiger partial charge in [-0.1, -0.05) is 33.3 Å². The minimum Gasteiger partial charge on any atom is -0.327 e. The van der Waals surface area contributed by atoms with Gasteiger partial charge < -0.3 is 5.73 Å². The zero-order valence-electron chi connectivity index (χ0n) is 19.1. The number of rotatable bonds is 10. The lowest BCUT2D eigenvalue weighted by molar-refractivity contribution is -0.113. The van der Waals surface area contributed by atoms with Gasteiger partial charge in [-0.25, -0.2) is 8.78 Å². The second kappa shape index (κ2) is 14.7. The molecule has 3 nitrogen and oxygen atoms in total. The van der Waals surface area contributed by atoms with Crippen molar-refractivity contribution in [2.24, 2.45) is 16.6 Å². The molecule has 1 atom stereocenters. The highest BCUT2D eigenvalue weighted by Gasteiger charge is 2.31. The van der Waals surface area contributed by atoms with Crippen LogP contribution in [0.2, 0.25) is 0 Å². The van der Waals surface area contributed by atoms with E-state index in [2.05, 4.69) is 25.4 Å². The minimum absolute atomic E-state index is 0.0961. The SMILES string of the molecule is C=C(N=C/C=C(\C)C(C)=O)C(F)(F)F.CCCC(CCC)C(N)Cc1cc(F)ccc1F. The number of carbonyl (C=O) groups excluding carboxylic acids is 1. The average Bonchev–Trinajstić information content (AvgIpc) is 2.70. The Morgan fingerprint density at radius 1 is 1.16 bits per heavy atom. The van der Waals surface area contributed by atoms with Crippen LogP contribution in [0.1, 0.15) is 58.9 Å². The van der Waals surface area contributed by atoms with Crippen molar-refractivity contribution >= 4 is 12.0 Å². The molecule has 0 aromatic heterocycles. The molecule has 0 amide bonds. The van der Waals surface area contributed by atoms with Crippen molar-refractivity contribution in [3.05, 3.63) is 59.3 Å². The van der Waals surface area contributed by atoms with E-state index >= 15 is 0 Å². The minimum atomic E-state index is -4.52. The Morgan fingerprint density at radius 2 is 1.72 bits per heavy atom. The first-order valence-corrected chi connectivity index (χ1v) is 10.5. The summed E-state index contributed by atoms with van der Waals surface area (Å²) in [4.78, 5) is 13.7. The van der Waals surface area contributed by atoms with Crippen molar-refractivity contribution in [1.29, 1.82) is 0 Å². The summed E-state index contributed by atoms with van der Waals surface area (Å²) >= 11 is 0. The van der Waals surface area contributed by atoms with Gasteiger partial charge >= 0.3 is 6.18 Å². The highest BCUT2D eigenvalue weighted by atomic mass is 19.4. The summed E-state index contributed by atoms with van der Waals surface area (Å²) in [6.45, 7) is 9.79. The van der Waals surface area contributed by atoms with E-state index in [-0.39, 0.29) is 17.6 Å². The summed E-state index contributed by atoms with van der Waals surface area (Å²) in [6.07, 6.45) is 2.25. The van der Waals surface area contributed by atoms with E-state index in [1.54, 1.807) is 0 Å². The summed E-state index contributed by atoms with van der Waals surface area (Å²) in [6, 6.07) is 3.47. The summed E-state index contributed by atoms with van der Waals surface area (Å²) in [5.74, 6) is -0.587. The molecule has 32 heavy (non-hydrogen) atoms. The lowest BCUT2D eigenvalue weighted by Crippen LogP contribution is -2.32. The molecule has 1 rings (SSSR count). The Morgan fingerprint density at radius 3 is 2.19 bits per heavy atom. The third kappa shape index (κ3) is 11.9. The molecule has 0 bridgehead atoms. The van der Waals surface area contributed by atoms with Crippen molar-refractivity contribution in [1.82, 2.24) is 0 Å². The molecule has 2 N–H and O–H groups in total. The van der Waals surface area contributed by atoms with Crippen LogP contribution in [0.4, 0.5) is 22.0 Å². The Hall–Kier alpha value is -2.35. The Kier molecular flexibility index (Phi) is 13.6. The van der Waals surface area contributed by atoms with Crippen LogP contribution < -0.4 is 5.73 Å². The third-order valence-electron chi connectivity index (χ3n) is 4.83. The maximum absolute atomic E-state index is 13.5. The van der Waals surface area contributed by atoms with E-state index in [1.807, 2.05) is 0 Å². The number of aliphatic imine (C=N–C) groups is 1. The van der Waals surface area contributed by atoms with Gasteiger partial charge in [0.15, 0.2) is 5.78 Å². The van der Waals surface area contributed by atoms with E-state index in [9.17, 15) is 26.7 Å². The molecular weight excluding hydrogens is 427 g/mol. The van der Waals surface area contributed by atoms with Crippen molar-refractivity contribution in [2.75, 3.05) is 0 Å². The first kappa shape index (κ1) is 29.7. The molecule has 0 radical (unpaired) electrons. The molecule has 180 valence electrons. The maximum Gasteiger partial charge on any atom is 0.432 e. The van der Waals surface area contributed by atoms with Gasteiger partial charge in [-0.15, -0.1) is 0 Å². The lowest BCUT2D eigenvalue weighted by atomic mass is 9.87. The molecule has 0 spiro atoms. The largest absolute Gasteiger partial charge is 0.432 e. The Bertz CT molecular complexity index is 794. The van der Waals surface area contributed by atoms with Crippen LogP contribution in [0.5, 0.6) is 0 Å². The van der Waals surface area contributed by atoms with Crippen LogP contribution in [0.25, 0.3) is 0 Å². The quantitative estimate of drug-likeness (QED) is 0.239. The number of nitrogens with two attached hydrogens (primary N) is 1. The van der Waals surface area contributed by atoms with E-state index in [0.717, 1.165) is 38.0 Å². The fraction of sp³-hybridized carbons (Fsp3) is 0.500. The number of ketones is 1. The number of alkyl halides is 3. The lowest BCUT2D eigenvalue weighted by Gasteiger charge is -2.23. The molecule has 0 saturated carbocycles. The summed E-state index contributed by atoms with van der Waals surface area (Å²) in [5, 5.41) is 0. The molecule has 0 aliphatic rings. The van der Waals surface area contributed by atoms with Crippen LogP contribution in [-0.4, -0.2) is 24.2 Å². The van der Waals surface area contributed by atoms with Crippen molar-refractivity contribution in [3.8, 4) is 0 Å². The van der Waals surface area contributed by atoms with Crippen molar-refractivity contribution in [3.63, 3.8) is 0 Å². The first-order chi connectivity index (χ1) is 14.8. The summed E-state index contributed by atoms with van der Waals surface area (Å²) < 4.78 is 62.1. The normalized spacial score (nSPS) is 13.2. The molecule has 1 aromatic carbocycles. The Balaban J connectivity index is 0.000000622. The smallest absolute Gasteiger partial charge is 0.327 e. The number of hydrogen-bond acceptors (Lipinski definition) is 3. The maximum atomic E-state index is 13.5. The summed E-state index contributed by atoms with van der Waals surface area (Å²) in [7, 11) is 0. The average molecular weight is 461 g/mol. The van der Waals surface area contributed by atoms with Gasteiger partial charge in [0.25, 0.3) is 0 Å². The van der Waals surface area contributed by atoms with E-state index in [1.165, 1.54) is 32.1 Å². The van der Waals surface area contributed by atoms with Gasteiger partial charge in [-0.3, -0.25) is 9.79 Å². The van der Waals surface area contributed by atoms with Crippen LogP contribution in [0, 0.1) is 17.6 Å². The predicted octanol–water partition coefficient (Wildman–Crippen LogP) is 6.72. The number of hydrogen-bond donors (Lipinski definition) is 1. The molecule has 1 aromatic rings. The number of nitrogens with zero attached hydrogens (tertiary/aromatic N) is 1. The molecule has 0 heterocycles. The molecule has 0 aliphatic heterocycles. The van der Waals surface area contributed by atoms with Crippen LogP contribution >= 0.6 is 0 Å². The highest BCUT2D eigenvalue weighted by Crippen LogP contribution is 2.24. The van der Waals surface area contributed by atoms with Crippen molar-refractivity contribution < 1.29 is 26.7 Å². The monoisotopic (exact) mass is 460 g/mol. The molecular formula is C24H33F5N2O. The second-order valence-electron chi connectivity index (χ2n) is 7.57. The standard InChI is InChI=1S/C15H23F2N.C9H10F3NO/c1-3-5-11(6-4-2)15(18)10-12-9-13(16)7-8-14(12)17;1-6(7(2)14)4-5-13-8(3)9(10,11)12/h7-9,11,15H,3-6,10,18H2,1-2H3;4-5H,3H2,1-2H3/b;6-4+,13-5?. The fourth-order valence-corrected chi connectivity index (χ4v) is 2.86. The zero-order chi connectivity index (χ0) is 24.9. The summed E-state index contributed by atoms with van der Waals surface area (Å²) in [5.41, 5.74) is 5.69. The first-order valence-electron chi connectivity index (χ1n) is 10.5. The van der Waals surface area contributed by atoms with Gasteiger partial charge in [0, 0.05) is 12.3 Å². The molecule has 0 saturated heterocycles. The zero-order valence-corrected chi connectivity index (χ0v) is 19.1. The van der Waals surface area contributed by atoms with Gasteiger partial charge in [0.1, 0.15) is 17.3 Å². The second-order valence-corrected chi connectivity index (χ2v) is 7.57. The highest BCUT2D eigenvalue weighted by molar-refractivity contribution is 5.96. The number of benzene rings is 1. The van der Waals surface area contributed by atoms with Gasteiger partial charge in [0.05, 0.1) is 0 Å². The topological polar surface area (TPSA) is 55.5 Å².